The van der Waals surface area contributed by atoms with Crippen LogP contribution in [0.2, 0.25) is 0 Å². The minimum absolute atomic E-state index is 0.264. The largest absolute Gasteiger partial charge is 0.416 e. The number of rotatable bonds is 5. The second-order valence-electron chi connectivity index (χ2n) is 5.84. The third kappa shape index (κ3) is 4.37. The molecule has 1 amide bonds. The Morgan fingerprint density at radius 2 is 1.70 bits per heavy atom. The van der Waals surface area contributed by atoms with Crippen LogP contribution in [0.1, 0.15) is 26.9 Å². The lowest BCUT2D eigenvalue weighted by Gasteiger charge is -2.18. The summed E-state index contributed by atoms with van der Waals surface area (Å²) in [5, 5.41) is 14.5. The first-order valence-corrected chi connectivity index (χ1v) is 9.01. The van der Waals surface area contributed by atoms with Gasteiger partial charge in [0.2, 0.25) is 0 Å². The van der Waals surface area contributed by atoms with Crippen LogP contribution < -0.4 is 5.32 Å². The zero-order chi connectivity index (χ0) is 19.4. The molecule has 3 nitrogen and oxygen atoms in total. The number of aliphatic hydroxyl groups is 1. The number of hydrogen-bond acceptors (Lipinski definition) is 3. The standard InChI is InChI=1S/C20H16F3NO2S/c21-20(22,23)16-9-5-4-8-15(16)17(25)12-24-19(26)18-14(10-11-27-18)13-6-2-1-3-7-13/h1-11,17,25H,12H2,(H,24,26). The summed E-state index contributed by atoms with van der Waals surface area (Å²) >= 11 is 1.23. The lowest BCUT2D eigenvalue weighted by molar-refractivity contribution is -0.139. The Hall–Kier alpha value is -2.64. The molecule has 0 radical (unpaired) electrons. The van der Waals surface area contributed by atoms with Gasteiger partial charge in [0.25, 0.3) is 5.91 Å². The van der Waals surface area contributed by atoms with Crippen molar-refractivity contribution < 1.29 is 23.1 Å². The number of hydrogen-bond donors (Lipinski definition) is 2. The molecule has 0 aliphatic heterocycles. The van der Waals surface area contributed by atoms with E-state index in [2.05, 4.69) is 5.32 Å². The summed E-state index contributed by atoms with van der Waals surface area (Å²) in [7, 11) is 0. The summed E-state index contributed by atoms with van der Waals surface area (Å²) in [6.45, 7) is -0.321. The number of thiophene rings is 1. The van der Waals surface area contributed by atoms with Crippen LogP contribution in [0.4, 0.5) is 13.2 Å². The van der Waals surface area contributed by atoms with E-state index in [0.717, 1.165) is 17.2 Å². The predicted octanol–water partition coefficient (Wildman–Crippen LogP) is 4.90. The Morgan fingerprint density at radius 1 is 1.04 bits per heavy atom. The van der Waals surface area contributed by atoms with Crippen molar-refractivity contribution in [3.8, 4) is 11.1 Å². The molecule has 0 bridgehead atoms. The van der Waals surface area contributed by atoms with E-state index in [1.165, 1.54) is 29.5 Å². The molecule has 0 aliphatic carbocycles. The van der Waals surface area contributed by atoms with E-state index in [9.17, 15) is 23.1 Å². The minimum atomic E-state index is -4.57. The number of benzene rings is 2. The van der Waals surface area contributed by atoms with Crippen molar-refractivity contribution in [1.29, 1.82) is 0 Å². The van der Waals surface area contributed by atoms with Gasteiger partial charge in [-0.15, -0.1) is 11.3 Å². The SMILES string of the molecule is O=C(NCC(O)c1ccccc1C(F)(F)F)c1sccc1-c1ccccc1. The van der Waals surface area contributed by atoms with Crippen molar-refractivity contribution >= 4 is 17.2 Å². The van der Waals surface area contributed by atoms with Crippen molar-refractivity contribution in [3.63, 3.8) is 0 Å². The van der Waals surface area contributed by atoms with E-state index in [1.54, 1.807) is 5.38 Å². The van der Waals surface area contributed by atoms with Gasteiger partial charge in [0.1, 0.15) is 0 Å². The molecule has 1 atom stereocenters. The molecular weight excluding hydrogens is 375 g/mol. The van der Waals surface area contributed by atoms with Crippen molar-refractivity contribution in [2.45, 2.75) is 12.3 Å². The van der Waals surface area contributed by atoms with Crippen molar-refractivity contribution in [1.82, 2.24) is 5.32 Å². The first kappa shape index (κ1) is 19.1. The van der Waals surface area contributed by atoms with Crippen molar-refractivity contribution in [2.24, 2.45) is 0 Å². The van der Waals surface area contributed by atoms with E-state index >= 15 is 0 Å². The third-order valence-corrected chi connectivity index (χ3v) is 4.95. The summed E-state index contributed by atoms with van der Waals surface area (Å²) in [6.07, 6.45) is -6.04. The maximum atomic E-state index is 13.1. The molecule has 0 fully saturated rings. The normalized spacial score (nSPS) is 12.6. The highest BCUT2D eigenvalue weighted by atomic mass is 32.1. The maximum absolute atomic E-state index is 13.1. The summed E-state index contributed by atoms with van der Waals surface area (Å²) in [4.78, 5) is 12.9. The van der Waals surface area contributed by atoms with Gasteiger partial charge in [-0.3, -0.25) is 4.79 Å². The van der Waals surface area contributed by atoms with Gasteiger partial charge < -0.3 is 10.4 Å². The molecule has 1 heterocycles. The highest BCUT2D eigenvalue weighted by molar-refractivity contribution is 7.12. The zero-order valence-corrected chi connectivity index (χ0v) is 14.8. The number of amides is 1. The van der Waals surface area contributed by atoms with Gasteiger partial charge in [-0.25, -0.2) is 0 Å². The second kappa shape index (κ2) is 7.94. The molecule has 0 aliphatic rings. The van der Waals surface area contributed by atoms with Crippen LogP contribution in [0.3, 0.4) is 0 Å². The van der Waals surface area contributed by atoms with Gasteiger partial charge in [0.15, 0.2) is 0 Å². The highest BCUT2D eigenvalue weighted by Crippen LogP contribution is 2.34. The van der Waals surface area contributed by atoms with Gasteiger partial charge in [0.05, 0.1) is 16.5 Å². The molecule has 0 saturated carbocycles. The topological polar surface area (TPSA) is 49.3 Å². The quantitative estimate of drug-likeness (QED) is 0.650. The van der Waals surface area contributed by atoms with Crippen LogP contribution in [-0.4, -0.2) is 17.6 Å². The molecule has 0 saturated heterocycles. The van der Waals surface area contributed by atoms with Crippen LogP contribution in [0.25, 0.3) is 11.1 Å². The van der Waals surface area contributed by atoms with Crippen LogP contribution in [0.5, 0.6) is 0 Å². The summed E-state index contributed by atoms with van der Waals surface area (Å²) in [6, 6.07) is 15.9. The van der Waals surface area contributed by atoms with E-state index in [-0.39, 0.29) is 12.1 Å². The average Bonchev–Trinajstić information content (AvgIpc) is 3.16. The molecule has 140 valence electrons. The molecule has 7 heteroatoms. The smallest absolute Gasteiger partial charge is 0.387 e. The fraction of sp³-hybridized carbons (Fsp3) is 0.150. The Bertz CT molecular complexity index is 922. The molecule has 0 spiro atoms. The predicted molar refractivity (Wildman–Crippen MR) is 98.5 cm³/mol. The average molecular weight is 391 g/mol. The van der Waals surface area contributed by atoms with Gasteiger partial charge in [-0.2, -0.15) is 13.2 Å². The van der Waals surface area contributed by atoms with E-state index in [0.29, 0.717) is 4.88 Å². The maximum Gasteiger partial charge on any atom is 0.416 e. The summed E-state index contributed by atoms with van der Waals surface area (Å²) in [5.41, 5.74) is 0.433. The number of halogens is 3. The Labute approximate surface area is 158 Å². The molecular formula is C20H16F3NO2S. The van der Waals surface area contributed by atoms with Gasteiger partial charge in [-0.05, 0) is 28.6 Å². The van der Waals surface area contributed by atoms with Crippen LogP contribution in [0, 0.1) is 0 Å². The van der Waals surface area contributed by atoms with E-state index in [4.69, 9.17) is 0 Å². The van der Waals surface area contributed by atoms with Crippen molar-refractivity contribution in [3.05, 3.63) is 82.0 Å². The number of alkyl halides is 3. The fourth-order valence-electron chi connectivity index (χ4n) is 2.76. The number of carbonyl (C=O) groups excluding carboxylic acids is 1. The van der Waals surface area contributed by atoms with E-state index in [1.807, 2.05) is 36.4 Å². The molecule has 27 heavy (non-hydrogen) atoms. The molecule has 2 aromatic carbocycles. The summed E-state index contributed by atoms with van der Waals surface area (Å²) in [5.74, 6) is -0.438. The van der Waals surface area contributed by atoms with Crippen LogP contribution in [0.15, 0.2) is 66.0 Å². The summed E-state index contributed by atoms with van der Waals surface area (Å²) < 4.78 is 39.2. The van der Waals surface area contributed by atoms with Crippen molar-refractivity contribution in [2.75, 3.05) is 6.54 Å². The van der Waals surface area contributed by atoms with Gasteiger partial charge in [0, 0.05) is 12.1 Å². The Balaban J connectivity index is 1.74. The lowest BCUT2D eigenvalue weighted by atomic mass is 10.0. The Kier molecular flexibility index (Phi) is 5.62. The number of carbonyl (C=O) groups is 1. The van der Waals surface area contributed by atoms with E-state index < -0.39 is 23.8 Å². The minimum Gasteiger partial charge on any atom is -0.387 e. The highest BCUT2D eigenvalue weighted by Gasteiger charge is 2.34. The van der Waals surface area contributed by atoms with Crippen LogP contribution in [-0.2, 0) is 6.18 Å². The van der Waals surface area contributed by atoms with Gasteiger partial charge >= 0.3 is 6.18 Å². The third-order valence-electron chi connectivity index (χ3n) is 4.04. The number of nitrogens with one attached hydrogen (secondary N) is 1. The molecule has 1 aromatic heterocycles. The fourth-order valence-corrected chi connectivity index (χ4v) is 3.59. The zero-order valence-electron chi connectivity index (χ0n) is 14.0. The Morgan fingerprint density at radius 3 is 2.41 bits per heavy atom. The molecule has 2 N–H and O–H groups in total. The second-order valence-corrected chi connectivity index (χ2v) is 6.76. The first-order chi connectivity index (χ1) is 12.9. The molecule has 3 aromatic rings. The first-order valence-electron chi connectivity index (χ1n) is 8.13. The monoisotopic (exact) mass is 391 g/mol. The molecule has 3 rings (SSSR count). The molecule has 1 unspecified atom stereocenters. The number of aliphatic hydroxyl groups excluding tert-OH is 1. The lowest BCUT2D eigenvalue weighted by Crippen LogP contribution is -2.29. The van der Waals surface area contributed by atoms with Crippen LogP contribution >= 0.6 is 11.3 Å². The van der Waals surface area contributed by atoms with Gasteiger partial charge in [-0.1, -0.05) is 48.5 Å².